The predicted molar refractivity (Wildman–Crippen MR) is 52.6 cm³/mol. The van der Waals surface area contributed by atoms with E-state index in [0.29, 0.717) is 6.04 Å². The summed E-state index contributed by atoms with van der Waals surface area (Å²) in [6, 6.07) is 7.30. The molecule has 1 aliphatic rings. The second-order valence-corrected chi connectivity index (χ2v) is 3.68. The van der Waals surface area contributed by atoms with E-state index in [4.69, 9.17) is 4.74 Å². The highest BCUT2D eigenvalue weighted by Gasteiger charge is 2.20. The highest BCUT2D eigenvalue weighted by molar-refractivity contribution is 5.19. The fraction of sp³-hybridized carbons (Fsp3) is 0.455. The van der Waals surface area contributed by atoms with Crippen LogP contribution in [-0.2, 0) is 4.74 Å². The number of nitrogens with one attached hydrogen (secondary N) is 1. The van der Waals surface area contributed by atoms with Crippen LogP contribution in [0.25, 0.3) is 0 Å². The maximum Gasteiger partial charge on any atom is 0.123 e. The molecule has 0 amide bonds. The van der Waals surface area contributed by atoms with Crippen LogP contribution in [0.4, 0.5) is 4.39 Å². The van der Waals surface area contributed by atoms with Gasteiger partial charge in [0, 0.05) is 6.04 Å². The first-order valence-corrected chi connectivity index (χ1v) is 4.85. The minimum absolute atomic E-state index is 0.180. The standard InChI is InChI=1S/C11H14FNO/c1-8(13-11-6-14-7-11)9-3-2-4-10(12)5-9/h2-5,8,11,13H,6-7H2,1H3. The van der Waals surface area contributed by atoms with E-state index in [2.05, 4.69) is 5.32 Å². The lowest BCUT2D eigenvalue weighted by Gasteiger charge is -2.30. The Labute approximate surface area is 83.1 Å². The maximum atomic E-state index is 12.9. The Kier molecular flexibility index (Phi) is 2.79. The molecular weight excluding hydrogens is 181 g/mol. The summed E-state index contributed by atoms with van der Waals surface area (Å²) < 4.78 is 18.0. The van der Waals surface area contributed by atoms with E-state index in [1.54, 1.807) is 12.1 Å². The predicted octanol–water partition coefficient (Wildman–Crippen LogP) is 1.88. The van der Waals surface area contributed by atoms with Crippen LogP contribution in [0.15, 0.2) is 24.3 Å². The Bertz CT molecular complexity index is 312. The van der Waals surface area contributed by atoms with E-state index in [-0.39, 0.29) is 11.9 Å². The third-order valence-corrected chi connectivity index (χ3v) is 2.47. The van der Waals surface area contributed by atoms with Gasteiger partial charge in [0.25, 0.3) is 0 Å². The molecule has 2 rings (SSSR count). The number of benzene rings is 1. The second-order valence-electron chi connectivity index (χ2n) is 3.68. The first-order valence-electron chi connectivity index (χ1n) is 4.85. The average Bonchev–Trinajstić information content (AvgIpc) is 2.11. The van der Waals surface area contributed by atoms with Crippen molar-refractivity contribution < 1.29 is 9.13 Å². The van der Waals surface area contributed by atoms with E-state index < -0.39 is 0 Å². The highest BCUT2D eigenvalue weighted by atomic mass is 19.1. The molecular formula is C11H14FNO. The fourth-order valence-corrected chi connectivity index (χ4v) is 1.56. The van der Waals surface area contributed by atoms with E-state index in [9.17, 15) is 4.39 Å². The molecule has 0 aromatic heterocycles. The van der Waals surface area contributed by atoms with E-state index in [1.165, 1.54) is 6.07 Å². The molecule has 1 atom stereocenters. The molecule has 0 aliphatic carbocycles. The molecule has 0 spiro atoms. The van der Waals surface area contributed by atoms with Gasteiger partial charge in [-0.3, -0.25) is 0 Å². The van der Waals surface area contributed by atoms with E-state index in [0.717, 1.165) is 18.8 Å². The van der Waals surface area contributed by atoms with Gasteiger partial charge in [-0.25, -0.2) is 4.39 Å². The fourth-order valence-electron chi connectivity index (χ4n) is 1.56. The normalized spacial score (nSPS) is 19.0. The van der Waals surface area contributed by atoms with Crippen molar-refractivity contribution >= 4 is 0 Å². The number of hydrogen-bond donors (Lipinski definition) is 1. The lowest BCUT2D eigenvalue weighted by Crippen LogP contribution is -2.46. The van der Waals surface area contributed by atoms with Crippen LogP contribution < -0.4 is 5.32 Å². The molecule has 1 aromatic rings. The molecule has 1 heterocycles. The quantitative estimate of drug-likeness (QED) is 0.795. The molecule has 1 aromatic carbocycles. The summed E-state index contributed by atoms with van der Waals surface area (Å²) >= 11 is 0. The van der Waals surface area contributed by atoms with Crippen molar-refractivity contribution in [1.29, 1.82) is 0 Å². The summed E-state index contributed by atoms with van der Waals surface area (Å²) in [7, 11) is 0. The number of hydrogen-bond acceptors (Lipinski definition) is 2. The molecule has 1 unspecified atom stereocenters. The zero-order valence-corrected chi connectivity index (χ0v) is 8.16. The first-order chi connectivity index (χ1) is 6.75. The molecule has 0 radical (unpaired) electrons. The van der Waals surface area contributed by atoms with Gasteiger partial charge in [0.05, 0.1) is 19.3 Å². The Morgan fingerprint density at radius 3 is 2.86 bits per heavy atom. The Balaban J connectivity index is 1.98. The summed E-state index contributed by atoms with van der Waals surface area (Å²) in [6.07, 6.45) is 0. The first kappa shape index (κ1) is 9.62. The number of ether oxygens (including phenoxy) is 1. The molecule has 2 nitrogen and oxygen atoms in total. The molecule has 1 aliphatic heterocycles. The summed E-state index contributed by atoms with van der Waals surface area (Å²) in [4.78, 5) is 0. The van der Waals surface area contributed by atoms with Gasteiger partial charge >= 0.3 is 0 Å². The molecule has 76 valence electrons. The third kappa shape index (κ3) is 2.11. The molecule has 14 heavy (non-hydrogen) atoms. The molecule has 3 heteroatoms. The summed E-state index contributed by atoms with van der Waals surface area (Å²) in [6.45, 7) is 3.56. The van der Waals surface area contributed by atoms with Crippen molar-refractivity contribution in [3.05, 3.63) is 35.6 Å². The average molecular weight is 195 g/mol. The zero-order chi connectivity index (χ0) is 9.97. The SMILES string of the molecule is CC(NC1COC1)c1cccc(F)c1. The lowest BCUT2D eigenvalue weighted by atomic mass is 10.1. The topological polar surface area (TPSA) is 21.3 Å². The number of rotatable bonds is 3. The maximum absolute atomic E-state index is 12.9. The summed E-state index contributed by atoms with van der Waals surface area (Å²) in [5, 5.41) is 3.37. The second kappa shape index (κ2) is 4.07. The van der Waals surface area contributed by atoms with Crippen molar-refractivity contribution in [2.24, 2.45) is 0 Å². The molecule has 0 saturated carbocycles. The molecule has 1 N–H and O–H groups in total. The largest absolute Gasteiger partial charge is 0.378 e. The van der Waals surface area contributed by atoms with Crippen molar-refractivity contribution in [3.63, 3.8) is 0 Å². The van der Waals surface area contributed by atoms with Crippen LogP contribution >= 0.6 is 0 Å². The van der Waals surface area contributed by atoms with E-state index in [1.807, 2.05) is 13.0 Å². The molecule has 0 bridgehead atoms. The van der Waals surface area contributed by atoms with Crippen LogP contribution in [-0.4, -0.2) is 19.3 Å². The smallest absolute Gasteiger partial charge is 0.123 e. The van der Waals surface area contributed by atoms with Crippen molar-refractivity contribution in [2.45, 2.75) is 19.0 Å². The number of halogens is 1. The van der Waals surface area contributed by atoms with Gasteiger partial charge in [-0.2, -0.15) is 0 Å². The highest BCUT2D eigenvalue weighted by Crippen LogP contribution is 2.15. The zero-order valence-electron chi connectivity index (χ0n) is 8.16. The van der Waals surface area contributed by atoms with Gasteiger partial charge in [-0.05, 0) is 24.6 Å². The van der Waals surface area contributed by atoms with Gasteiger partial charge in [-0.15, -0.1) is 0 Å². The van der Waals surface area contributed by atoms with Crippen LogP contribution in [0, 0.1) is 5.82 Å². The Hall–Kier alpha value is -0.930. The molecule has 1 fully saturated rings. The van der Waals surface area contributed by atoms with Crippen LogP contribution in [0.1, 0.15) is 18.5 Å². The monoisotopic (exact) mass is 195 g/mol. The van der Waals surface area contributed by atoms with Gasteiger partial charge < -0.3 is 10.1 Å². The van der Waals surface area contributed by atoms with Crippen LogP contribution in [0.2, 0.25) is 0 Å². The van der Waals surface area contributed by atoms with Gasteiger partial charge in [-0.1, -0.05) is 12.1 Å². The Morgan fingerprint density at radius 1 is 1.50 bits per heavy atom. The van der Waals surface area contributed by atoms with Gasteiger partial charge in [0.2, 0.25) is 0 Å². The Morgan fingerprint density at radius 2 is 2.29 bits per heavy atom. The minimum Gasteiger partial charge on any atom is -0.378 e. The van der Waals surface area contributed by atoms with Gasteiger partial charge in [0.15, 0.2) is 0 Å². The third-order valence-electron chi connectivity index (χ3n) is 2.47. The van der Waals surface area contributed by atoms with E-state index >= 15 is 0 Å². The van der Waals surface area contributed by atoms with Crippen molar-refractivity contribution in [3.8, 4) is 0 Å². The van der Waals surface area contributed by atoms with Crippen molar-refractivity contribution in [2.75, 3.05) is 13.2 Å². The van der Waals surface area contributed by atoms with Crippen LogP contribution in [0.3, 0.4) is 0 Å². The lowest BCUT2D eigenvalue weighted by molar-refractivity contribution is -0.00926. The van der Waals surface area contributed by atoms with Crippen molar-refractivity contribution in [1.82, 2.24) is 5.32 Å². The van der Waals surface area contributed by atoms with Crippen LogP contribution in [0.5, 0.6) is 0 Å². The minimum atomic E-state index is -0.180. The summed E-state index contributed by atoms with van der Waals surface area (Å²) in [5.74, 6) is -0.180. The van der Waals surface area contributed by atoms with Gasteiger partial charge in [0.1, 0.15) is 5.82 Å². The summed E-state index contributed by atoms with van der Waals surface area (Å²) in [5.41, 5.74) is 0.983. The molecule has 1 saturated heterocycles.